The van der Waals surface area contributed by atoms with Gasteiger partial charge in [0, 0.05) is 24.7 Å². The number of carbonyl (C=O) groups is 1. The standard InChI is InChI=1S/C23H28N4O2S/c1-23(2)13-17(25-21(28)14-24)11-12-27(23)15-16-7-9-18(10-8-16)29-22-26-19-5-3-4-6-20(19)30-22/h3-10,17H,11-15,24H2,1-2H3,(H,25,28)/t17-/m0/s1. The Morgan fingerprint density at radius 1 is 1.27 bits per heavy atom. The predicted octanol–water partition coefficient (Wildman–Crippen LogP) is 3.91. The van der Waals surface area contributed by atoms with E-state index >= 15 is 0 Å². The van der Waals surface area contributed by atoms with Gasteiger partial charge in [-0.25, -0.2) is 4.98 Å². The molecule has 6 nitrogen and oxygen atoms in total. The summed E-state index contributed by atoms with van der Waals surface area (Å²) in [5, 5.41) is 3.70. The maximum atomic E-state index is 11.6. The second kappa shape index (κ2) is 8.71. The first-order chi connectivity index (χ1) is 14.4. The number of nitrogens with one attached hydrogen (secondary N) is 1. The summed E-state index contributed by atoms with van der Waals surface area (Å²) < 4.78 is 7.08. The molecule has 1 aromatic heterocycles. The van der Waals surface area contributed by atoms with E-state index < -0.39 is 0 Å². The van der Waals surface area contributed by atoms with Crippen LogP contribution in [-0.2, 0) is 11.3 Å². The lowest BCUT2D eigenvalue weighted by atomic mass is 9.86. The zero-order valence-electron chi connectivity index (χ0n) is 17.4. The van der Waals surface area contributed by atoms with Gasteiger partial charge in [-0.15, -0.1) is 0 Å². The summed E-state index contributed by atoms with van der Waals surface area (Å²) >= 11 is 1.55. The average Bonchev–Trinajstić information content (AvgIpc) is 3.13. The molecule has 3 N–H and O–H groups in total. The number of para-hydroxylation sites is 1. The average molecular weight is 425 g/mol. The first-order valence-corrected chi connectivity index (χ1v) is 11.1. The molecule has 0 spiro atoms. The van der Waals surface area contributed by atoms with Gasteiger partial charge in [0.1, 0.15) is 5.75 Å². The van der Waals surface area contributed by atoms with Gasteiger partial charge in [-0.05, 0) is 56.5 Å². The lowest BCUT2D eigenvalue weighted by Crippen LogP contribution is -2.55. The van der Waals surface area contributed by atoms with Crippen LogP contribution in [0, 0.1) is 0 Å². The minimum atomic E-state index is -0.0760. The lowest BCUT2D eigenvalue weighted by molar-refractivity contribution is -0.121. The van der Waals surface area contributed by atoms with Gasteiger partial charge in [0.15, 0.2) is 0 Å². The van der Waals surface area contributed by atoms with E-state index in [1.807, 2.05) is 30.3 Å². The van der Waals surface area contributed by atoms with E-state index in [0.717, 1.165) is 41.9 Å². The number of nitrogens with zero attached hydrogens (tertiary/aromatic N) is 2. The number of nitrogens with two attached hydrogens (primary N) is 1. The molecule has 1 saturated heterocycles. The zero-order chi connectivity index (χ0) is 21.1. The minimum Gasteiger partial charge on any atom is -0.431 e. The molecule has 0 unspecified atom stereocenters. The Kier molecular flexibility index (Phi) is 6.04. The number of piperidine rings is 1. The van der Waals surface area contributed by atoms with Crippen molar-refractivity contribution in [1.82, 2.24) is 15.2 Å². The van der Waals surface area contributed by atoms with Gasteiger partial charge in [0.2, 0.25) is 5.91 Å². The number of fused-ring (bicyclic) bond motifs is 1. The Bertz CT molecular complexity index is 982. The monoisotopic (exact) mass is 424 g/mol. The number of amides is 1. The first-order valence-electron chi connectivity index (χ1n) is 10.3. The Balaban J connectivity index is 1.36. The Hall–Kier alpha value is -2.48. The third-order valence-electron chi connectivity index (χ3n) is 5.68. The van der Waals surface area contributed by atoms with Crippen LogP contribution < -0.4 is 15.8 Å². The highest BCUT2D eigenvalue weighted by molar-refractivity contribution is 7.20. The summed E-state index contributed by atoms with van der Waals surface area (Å²) in [7, 11) is 0. The third kappa shape index (κ3) is 4.80. The summed E-state index contributed by atoms with van der Waals surface area (Å²) in [6, 6.07) is 16.5. The van der Waals surface area contributed by atoms with Crippen LogP contribution >= 0.6 is 11.3 Å². The molecule has 7 heteroatoms. The number of likely N-dealkylation sites (tertiary alicyclic amines) is 1. The summed E-state index contributed by atoms with van der Waals surface area (Å²) in [6.45, 7) is 6.32. The molecule has 1 fully saturated rings. The molecule has 30 heavy (non-hydrogen) atoms. The molecule has 2 heterocycles. The molecule has 1 aliphatic rings. The second-order valence-electron chi connectivity index (χ2n) is 8.39. The van der Waals surface area contributed by atoms with Gasteiger partial charge in [-0.1, -0.05) is 35.6 Å². The normalized spacial score (nSPS) is 19.0. The Labute approximate surface area is 181 Å². The molecular weight excluding hydrogens is 396 g/mol. The fraction of sp³-hybridized carbons (Fsp3) is 0.391. The van der Waals surface area contributed by atoms with E-state index in [1.54, 1.807) is 11.3 Å². The molecular formula is C23H28N4O2S. The van der Waals surface area contributed by atoms with E-state index in [-0.39, 0.29) is 24.0 Å². The van der Waals surface area contributed by atoms with Crippen molar-refractivity contribution in [2.24, 2.45) is 5.73 Å². The Morgan fingerprint density at radius 3 is 2.73 bits per heavy atom. The third-order valence-corrected chi connectivity index (χ3v) is 6.59. The molecule has 1 aliphatic heterocycles. The number of aromatic nitrogens is 1. The van der Waals surface area contributed by atoms with Crippen LogP contribution in [0.4, 0.5) is 0 Å². The molecule has 0 saturated carbocycles. The van der Waals surface area contributed by atoms with Crippen molar-refractivity contribution in [3.8, 4) is 10.9 Å². The molecule has 3 aromatic rings. The molecule has 4 rings (SSSR count). The predicted molar refractivity (Wildman–Crippen MR) is 121 cm³/mol. The number of thiazole rings is 1. The van der Waals surface area contributed by atoms with Crippen molar-refractivity contribution < 1.29 is 9.53 Å². The fourth-order valence-electron chi connectivity index (χ4n) is 4.03. The molecule has 158 valence electrons. The van der Waals surface area contributed by atoms with Crippen molar-refractivity contribution in [3.63, 3.8) is 0 Å². The summed E-state index contributed by atoms with van der Waals surface area (Å²) in [5.74, 6) is 0.716. The second-order valence-corrected chi connectivity index (χ2v) is 9.38. The molecule has 1 atom stereocenters. The van der Waals surface area contributed by atoms with Gasteiger partial charge in [0.05, 0.1) is 16.8 Å². The van der Waals surface area contributed by atoms with E-state index in [4.69, 9.17) is 10.5 Å². The van der Waals surface area contributed by atoms with Crippen LogP contribution in [0.25, 0.3) is 10.2 Å². The summed E-state index contributed by atoms with van der Waals surface area (Å²) in [5.41, 5.74) is 7.63. The van der Waals surface area contributed by atoms with Gasteiger partial charge in [-0.3, -0.25) is 9.69 Å². The number of ether oxygens (including phenoxy) is 1. The van der Waals surface area contributed by atoms with Crippen molar-refractivity contribution >= 4 is 27.5 Å². The van der Waals surface area contributed by atoms with Gasteiger partial charge >= 0.3 is 0 Å². The topological polar surface area (TPSA) is 80.5 Å². The fourth-order valence-corrected chi connectivity index (χ4v) is 4.87. The maximum absolute atomic E-state index is 11.6. The number of rotatable bonds is 6. The lowest BCUT2D eigenvalue weighted by Gasteiger charge is -2.46. The van der Waals surface area contributed by atoms with Crippen molar-refractivity contribution in [2.75, 3.05) is 13.1 Å². The van der Waals surface area contributed by atoms with Gasteiger partial charge in [0.25, 0.3) is 5.19 Å². The van der Waals surface area contributed by atoms with E-state index in [9.17, 15) is 4.79 Å². The highest BCUT2D eigenvalue weighted by atomic mass is 32.1. The quantitative estimate of drug-likeness (QED) is 0.627. The SMILES string of the molecule is CC1(C)C[C@@H](NC(=O)CN)CCN1Cc1ccc(Oc2nc3ccccc3s2)cc1. The summed E-state index contributed by atoms with van der Waals surface area (Å²) in [6.07, 6.45) is 1.85. The first kappa shape index (κ1) is 20.8. The molecule has 0 bridgehead atoms. The highest BCUT2D eigenvalue weighted by Crippen LogP contribution is 2.32. The molecule has 0 aliphatic carbocycles. The number of benzene rings is 2. The maximum Gasteiger partial charge on any atom is 0.279 e. The smallest absolute Gasteiger partial charge is 0.279 e. The van der Waals surface area contributed by atoms with E-state index in [1.165, 1.54) is 5.56 Å². The number of hydrogen-bond donors (Lipinski definition) is 2. The molecule has 1 amide bonds. The number of hydrogen-bond acceptors (Lipinski definition) is 6. The number of carbonyl (C=O) groups excluding carboxylic acids is 1. The van der Waals surface area contributed by atoms with Crippen LogP contribution in [0.15, 0.2) is 48.5 Å². The van der Waals surface area contributed by atoms with E-state index in [2.05, 4.69) is 47.2 Å². The van der Waals surface area contributed by atoms with Crippen molar-refractivity contribution in [1.29, 1.82) is 0 Å². The van der Waals surface area contributed by atoms with Crippen LogP contribution in [-0.4, -0.2) is 40.5 Å². The van der Waals surface area contributed by atoms with Crippen molar-refractivity contribution in [2.45, 2.75) is 44.8 Å². The Morgan fingerprint density at radius 2 is 2.03 bits per heavy atom. The van der Waals surface area contributed by atoms with Crippen LogP contribution in [0.5, 0.6) is 10.9 Å². The molecule has 0 radical (unpaired) electrons. The van der Waals surface area contributed by atoms with Crippen LogP contribution in [0.1, 0.15) is 32.3 Å². The molecule has 2 aromatic carbocycles. The van der Waals surface area contributed by atoms with E-state index in [0.29, 0.717) is 5.19 Å². The summed E-state index contributed by atoms with van der Waals surface area (Å²) in [4.78, 5) is 18.6. The van der Waals surface area contributed by atoms with Crippen molar-refractivity contribution in [3.05, 3.63) is 54.1 Å². The highest BCUT2D eigenvalue weighted by Gasteiger charge is 2.35. The van der Waals surface area contributed by atoms with Gasteiger partial charge < -0.3 is 15.8 Å². The minimum absolute atomic E-state index is 0.000955. The largest absolute Gasteiger partial charge is 0.431 e. The van der Waals surface area contributed by atoms with Crippen LogP contribution in [0.3, 0.4) is 0 Å². The van der Waals surface area contributed by atoms with Crippen LogP contribution in [0.2, 0.25) is 0 Å². The van der Waals surface area contributed by atoms with Gasteiger partial charge in [-0.2, -0.15) is 0 Å². The zero-order valence-corrected chi connectivity index (χ0v) is 18.2.